The summed E-state index contributed by atoms with van der Waals surface area (Å²) in [5.41, 5.74) is 5.82. The number of carbonyl (C=O) groups excluding carboxylic acids is 2. The van der Waals surface area contributed by atoms with Gasteiger partial charge in [0, 0.05) is 5.69 Å². The molecule has 0 aliphatic heterocycles. The monoisotopic (exact) mass is 396 g/mol. The summed E-state index contributed by atoms with van der Waals surface area (Å²) in [6.45, 7) is -0.186. The average molecular weight is 397 g/mol. The number of rotatable bonds is 7. The molecule has 0 unspecified atom stereocenters. The maximum Gasteiger partial charge on any atom is 0.262 e. The van der Waals surface area contributed by atoms with Gasteiger partial charge in [-0.05, 0) is 54.6 Å². The van der Waals surface area contributed by atoms with Crippen molar-refractivity contribution in [2.75, 3.05) is 11.9 Å². The Kier molecular flexibility index (Phi) is 6.14. The predicted octanol–water partition coefficient (Wildman–Crippen LogP) is 4.25. The fourth-order valence-corrected chi connectivity index (χ4v) is 2.64. The van der Waals surface area contributed by atoms with E-state index in [4.69, 9.17) is 26.8 Å². The van der Waals surface area contributed by atoms with Gasteiger partial charge in [0.25, 0.3) is 5.91 Å². The first-order chi connectivity index (χ1) is 13.5. The second kappa shape index (κ2) is 8.92. The summed E-state index contributed by atoms with van der Waals surface area (Å²) in [7, 11) is 0. The molecule has 0 fully saturated rings. The van der Waals surface area contributed by atoms with Gasteiger partial charge in [-0.2, -0.15) is 0 Å². The smallest absolute Gasteiger partial charge is 0.262 e. The topological polar surface area (TPSA) is 90.7 Å². The van der Waals surface area contributed by atoms with E-state index in [-0.39, 0.29) is 23.1 Å². The lowest BCUT2D eigenvalue weighted by Crippen LogP contribution is -2.20. The highest BCUT2D eigenvalue weighted by atomic mass is 35.5. The van der Waals surface area contributed by atoms with Crippen molar-refractivity contribution in [1.82, 2.24) is 0 Å². The van der Waals surface area contributed by atoms with E-state index in [1.807, 2.05) is 30.3 Å². The number of primary amides is 1. The van der Waals surface area contributed by atoms with Crippen molar-refractivity contribution >= 4 is 29.1 Å². The molecule has 142 valence electrons. The Hall–Kier alpha value is -3.51. The van der Waals surface area contributed by atoms with Crippen molar-refractivity contribution in [3.63, 3.8) is 0 Å². The normalized spacial score (nSPS) is 10.2. The third-order valence-electron chi connectivity index (χ3n) is 3.69. The van der Waals surface area contributed by atoms with Crippen molar-refractivity contribution in [3.8, 4) is 17.2 Å². The highest BCUT2D eigenvalue weighted by Gasteiger charge is 2.09. The van der Waals surface area contributed by atoms with Crippen molar-refractivity contribution in [2.45, 2.75) is 0 Å². The Bertz CT molecular complexity index is 975. The molecule has 0 aliphatic carbocycles. The predicted molar refractivity (Wildman–Crippen MR) is 107 cm³/mol. The first-order valence-electron chi connectivity index (χ1n) is 8.36. The Morgan fingerprint density at radius 3 is 2.18 bits per heavy atom. The van der Waals surface area contributed by atoms with E-state index in [0.29, 0.717) is 17.2 Å². The summed E-state index contributed by atoms with van der Waals surface area (Å²) < 4.78 is 11.2. The lowest BCUT2D eigenvalue weighted by atomic mass is 10.2. The summed E-state index contributed by atoms with van der Waals surface area (Å²) in [4.78, 5) is 23.2. The largest absolute Gasteiger partial charge is 0.484 e. The highest BCUT2D eigenvalue weighted by molar-refractivity contribution is 6.34. The van der Waals surface area contributed by atoms with E-state index < -0.39 is 5.91 Å². The van der Waals surface area contributed by atoms with Gasteiger partial charge in [-0.15, -0.1) is 0 Å². The summed E-state index contributed by atoms with van der Waals surface area (Å²) in [5, 5.41) is 2.80. The Morgan fingerprint density at radius 2 is 1.54 bits per heavy atom. The Balaban J connectivity index is 1.52. The number of nitrogens with one attached hydrogen (secondary N) is 1. The molecule has 0 aliphatic rings. The number of halogens is 1. The first kappa shape index (κ1) is 19.3. The van der Waals surface area contributed by atoms with E-state index in [0.717, 1.165) is 5.75 Å². The summed E-state index contributed by atoms with van der Waals surface area (Å²) in [6.07, 6.45) is 0. The quantitative estimate of drug-likeness (QED) is 0.624. The van der Waals surface area contributed by atoms with Gasteiger partial charge < -0.3 is 20.5 Å². The lowest BCUT2D eigenvalue weighted by molar-refractivity contribution is -0.118. The van der Waals surface area contributed by atoms with Crippen LogP contribution in [0, 0.1) is 0 Å². The van der Waals surface area contributed by atoms with Crippen LogP contribution in [0.25, 0.3) is 0 Å². The van der Waals surface area contributed by atoms with Crippen LogP contribution in [0.2, 0.25) is 5.02 Å². The zero-order valence-electron chi connectivity index (χ0n) is 14.7. The molecule has 2 amide bonds. The number of carbonyl (C=O) groups is 2. The minimum absolute atomic E-state index is 0.167. The van der Waals surface area contributed by atoms with Crippen molar-refractivity contribution in [2.24, 2.45) is 5.73 Å². The highest BCUT2D eigenvalue weighted by Crippen LogP contribution is 2.24. The molecule has 3 N–H and O–H groups in total. The van der Waals surface area contributed by atoms with Gasteiger partial charge in [0.05, 0.1) is 10.6 Å². The van der Waals surface area contributed by atoms with Gasteiger partial charge in [-0.3, -0.25) is 9.59 Å². The minimum atomic E-state index is -0.633. The van der Waals surface area contributed by atoms with Crippen LogP contribution >= 0.6 is 11.6 Å². The molecule has 3 rings (SSSR count). The molecule has 6 nitrogen and oxygen atoms in total. The number of para-hydroxylation sites is 1. The van der Waals surface area contributed by atoms with Crippen LogP contribution in [-0.4, -0.2) is 18.4 Å². The third kappa shape index (κ3) is 5.25. The number of amides is 2. The van der Waals surface area contributed by atoms with Crippen molar-refractivity contribution in [3.05, 3.63) is 83.4 Å². The second-order valence-corrected chi connectivity index (χ2v) is 6.19. The van der Waals surface area contributed by atoms with E-state index >= 15 is 0 Å². The summed E-state index contributed by atoms with van der Waals surface area (Å²) in [5.74, 6) is 0.916. The van der Waals surface area contributed by atoms with Gasteiger partial charge in [-0.25, -0.2) is 0 Å². The molecule has 0 saturated heterocycles. The van der Waals surface area contributed by atoms with Crippen LogP contribution in [0.1, 0.15) is 10.4 Å². The number of anilines is 1. The number of ether oxygens (including phenoxy) is 2. The molecule has 0 spiro atoms. The van der Waals surface area contributed by atoms with Gasteiger partial charge in [0.2, 0.25) is 5.91 Å². The van der Waals surface area contributed by atoms with Crippen molar-refractivity contribution in [1.29, 1.82) is 0 Å². The molecule has 0 saturated carbocycles. The van der Waals surface area contributed by atoms with Gasteiger partial charge >= 0.3 is 0 Å². The molecule has 0 aromatic heterocycles. The van der Waals surface area contributed by atoms with Crippen LogP contribution in [-0.2, 0) is 4.79 Å². The van der Waals surface area contributed by atoms with Crippen LogP contribution in [0.3, 0.4) is 0 Å². The standard InChI is InChI=1S/C21H17ClN2O4/c22-19-12-14(6-11-18(19)21(23)26)24-20(25)13-27-15-7-9-17(10-8-15)28-16-4-2-1-3-5-16/h1-12H,13H2,(H2,23,26)(H,24,25). The van der Waals surface area contributed by atoms with Gasteiger partial charge in [-0.1, -0.05) is 29.8 Å². The number of hydrogen-bond donors (Lipinski definition) is 2. The van der Waals surface area contributed by atoms with Gasteiger partial charge in [0.15, 0.2) is 6.61 Å². The molecule has 3 aromatic rings. The zero-order chi connectivity index (χ0) is 19.9. The third-order valence-corrected chi connectivity index (χ3v) is 4.00. The molecule has 28 heavy (non-hydrogen) atoms. The molecule has 0 atom stereocenters. The van der Waals surface area contributed by atoms with Crippen LogP contribution in [0.15, 0.2) is 72.8 Å². The van der Waals surface area contributed by atoms with E-state index in [2.05, 4.69) is 5.32 Å². The maximum absolute atomic E-state index is 12.0. The molecular weight excluding hydrogens is 380 g/mol. The molecule has 0 radical (unpaired) electrons. The lowest BCUT2D eigenvalue weighted by Gasteiger charge is -2.10. The maximum atomic E-state index is 12.0. The van der Waals surface area contributed by atoms with E-state index in [1.165, 1.54) is 12.1 Å². The van der Waals surface area contributed by atoms with E-state index in [9.17, 15) is 9.59 Å². The number of nitrogens with two attached hydrogens (primary N) is 1. The number of hydrogen-bond acceptors (Lipinski definition) is 4. The fraction of sp³-hybridized carbons (Fsp3) is 0.0476. The minimum Gasteiger partial charge on any atom is -0.484 e. The SMILES string of the molecule is NC(=O)c1ccc(NC(=O)COc2ccc(Oc3ccccc3)cc2)cc1Cl. The Morgan fingerprint density at radius 1 is 0.893 bits per heavy atom. The molecule has 3 aromatic carbocycles. The zero-order valence-corrected chi connectivity index (χ0v) is 15.5. The molecule has 0 heterocycles. The molecular formula is C21H17ClN2O4. The van der Waals surface area contributed by atoms with Crippen LogP contribution in [0.4, 0.5) is 5.69 Å². The molecule has 7 heteroatoms. The number of benzene rings is 3. The second-order valence-electron chi connectivity index (χ2n) is 5.78. The Labute approximate surface area is 166 Å². The average Bonchev–Trinajstić information content (AvgIpc) is 2.68. The molecule has 0 bridgehead atoms. The van der Waals surface area contributed by atoms with Crippen molar-refractivity contribution < 1.29 is 19.1 Å². The van der Waals surface area contributed by atoms with Crippen LogP contribution in [0.5, 0.6) is 17.2 Å². The first-order valence-corrected chi connectivity index (χ1v) is 8.74. The fourth-order valence-electron chi connectivity index (χ4n) is 2.37. The van der Waals surface area contributed by atoms with E-state index in [1.54, 1.807) is 30.3 Å². The van der Waals surface area contributed by atoms with Crippen LogP contribution < -0.4 is 20.5 Å². The summed E-state index contributed by atoms with van der Waals surface area (Å²) >= 11 is 5.96. The van der Waals surface area contributed by atoms with Gasteiger partial charge in [0.1, 0.15) is 17.2 Å². The summed E-state index contributed by atoms with van der Waals surface area (Å²) in [6, 6.07) is 20.8.